The minimum absolute atomic E-state index is 0.0737. The molecule has 2 N–H and O–H groups in total. The summed E-state index contributed by atoms with van der Waals surface area (Å²) in [7, 11) is 0. The van der Waals surface area contributed by atoms with Gasteiger partial charge in [-0.1, -0.05) is 0 Å². The van der Waals surface area contributed by atoms with Crippen molar-refractivity contribution in [1.29, 1.82) is 0 Å². The second-order valence-electron chi connectivity index (χ2n) is 8.99. The van der Waals surface area contributed by atoms with Crippen LogP contribution in [0, 0.1) is 11.3 Å². The molecular formula is C21H23F3N6O2. The van der Waals surface area contributed by atoms with Crippen molar-refractivity contribution in [3.8, 4) is 0 Å². The van der Waals surface area contributed by atoms with E-state index in [4.69, 9.17) is 5.73 Å². The van der Waals surface area contributed by atoms with E-state index in [-0.39, 0.29) is 37.0 Å². The lowest BCUT2D eigenvalue weighted by Crippen LogP contribution is -2.49. The maximum Gasteiger partial charge on any atom is 0.417 e. The van der Waals surface area contributed by atoms with Crippen molar-refractivity contribution < 1.29 is 22.8 Å². The van der Waals surface area contributed by atoms with Crippen molar-refractivity contribution >= 4 is 11.9 Å². The van der Waals surface area contributed by atoms with E-state index in [1.165, 1.54) is 17.1 Å². The molecule has 170 valence electrons. The van der Waals surface area contributed by atoms with Gasteiger partial charge in [0.05, 0.1) is 11.0 Å². The van der Waals surface area contributed by atoms with Crippen LogP contribution in [-0.4, -0.2) is 61.9 Å². The molecule has 8 nitrogen and oxygen atoms in total. The van der Waals surface area contributed by atoms with E-state index in [2.05, 4.69) is 9.97 Å². The van der Waals surface area contributed by atoms with E-state index < -0.39 is 17.2 Å². The Kier molecular flexibility index (Phi) is 4.77. The normalized spacial score (nSPS) is 27.4. The molecule has 0 unspecified atom stereocenters. The highest BCUT2D eigenvalue weighted by molar-refractivity contribution is 5.86. The Labute approximate surface area is 182 Å². The Morgan fingerprint density at radius 1 is 1.25 bits per heavy atom. The van der Waals surface area contributed by atoms with Crippen molar-refractivity contribution in [2.24, 2.45) is 17.1 Å². The Hall–Kier alpha value is -2.95. The smallest absolute Gasteiger partial charge is 0.337 e. The fourth-order valence-electron chi connectivity index (χ4n) is 5.50. The van der Waals surface area contributed by atoms with E-state index in [1.807, 2.05) is 0 Å². The first-order chi connectivity index (χ1) is 15.2. The van der Waals surface area contributed by atoms with Crippen LogP contribution >= 0.6 is 0 Å². The third-order valence-corrected chi connectivity index (χ3v) is 6.98. The zero-order chi connectivity index (χ0) is 22.7. The van der Waals surface area contributed by atoms with Gasteiger partial charge in [0.25, 0.3) is 0 Å². The fraction of sp³-hybridized carbons (Fsp3) is 0.524. The van der Waals surface area contributed by atoms with Crippen LogP contribution in [0.4, 0.5) is 18.0 Å². The third kappa shape index (κ3) is 3.35. The number of alkyl halides is 3. The molecule has 0 radical (unpaired) electrons. The number of carbonyl (C=O) groups is 2. The van der Waals surface area contributed by atoms with E-state index >= 15 is 0 Å². The van der Waals surface area contributed by atoms with Crippen molar-refractivity contribution in [2.75, 3.05) is 19.6 Å². The van der Waals surface area contributed by atoms with Gasteiger partial charge in [-0.2, -0.15) is 13.2 Å². The molecule has 32 heavy (non-hydrogen) atoms. The van der Waals surface area contributed by atoms with Crippen molar-refractivity contribution in [2.45, 2.75) is 38.0 Å². The number of halogens is 3. The number of rotatable bonds is 1. The summed E-state index contributed by atoms with van der Waals surface area (Å²) in [5.74, 6) is -0.224. The molecule has 3 aliphatic rings. The lowest BCUT2D eigenvalue weighted by Gasteiger charge is -2.37. The molecule has 2 aliphatic heterocycles. The number of carbonyl (C=O) groups excluding carboxylic acids is 2. The quantitative estimate of drug-likeness (QED) is 0.719. The van der Waals surface area contributed by atoms with Crippen LogP contribution in [0.2, 0.25) is 0 Å². The summed E-state index contributed by atoms with van der Waals surface area (Å²) in [5, 5.41) is 0. The molecular weight excluding hydrogens is 425 g/mol. The fourth-order valence-corrected chi connectivity index (χ4v) is 5.50. The summed E-state index contributed by atoms with van der Waals surface area (Å²) >= 11 is 0. The number of imidazole rings is 1. The number of hydrogen-bond donors (Lipinski definition) is 1. The zero-order valence-electron chi connectivity index (χ0n) is 17.3. The summed E-state index contributed by atoms with van der Waals surface area (Å²) in [6.07, 6.45) is 2.32. The number of amides is 2. The maximum atomic E-state index is 13.8. The predicted molar refractivity (Wildman–Crippen MR) is 106 cm³/mol. The van der Waals surface area contributed by atoms with Crippen LogP contribution in [0.3, 0.4) is 0 Å². The highest BCUT2D eigenvalue weighted by atomic mass is 19.4. The number of aromatic nitrogens is 3. The Morgan fingerprint density at radius 3 is 2.78 bits per heavy atom. The highest BCUT2D eigenvalue weighted by Crippen LogP contribution is 2.50. The number of nitrogens with two attached hydrogens (primary N) is 1. The van der Waals surface area contributed by atoms with Crippen LogP contribution < -0.4 is 5.73 Å². The van der Waals surface area contributed by atoms with E-state index in [1.54, 1.807) is 16.0 Å². The molecule has 5 rings (SSSR count). The molecule has 3 atom stereocenters. The number of fused-ring (bicyclic) bond motifs is 2. The number of hydrogen-bond acceptors (Lipinski definition) is 5. The first kappa shape index (κ1) is 20.9. The van der Waals surface area contributed by atoms with Gasteiger partial charge in [-0.3, -0.25) is 14.3 Å². The number of pyridine rings is 1. The third-order valence-electron chi connectivity index (χ3n) is 6.98. The second kappa shape index (κ2) is 7.29. The van der Waals surface area contributed by atoms with Gasteiger partial charge in [-0.05, 0) is 30.4 Å². The van der Waals surface area contributed by atoms with Crippen molar-refractivity contribution in [3.05, 3.63) is 47.8 Å². The molecule has 2 aromatic rings. The lowest BCUT2D eigenvalue weighted by atomic mass is 9.78. The average Bonchev–Trinajstić information content (AvgIpc) is 3.46. The molecule has 1 aliphatic carbocycles. The Balaban J connectivity index is 1.40. The van der Waals surface area contributed by atoms with Gasteiger partial charge in [-0.25, -0.2) is 9.78 Å². The Bertz CT molecular complexity index is 1060. The van der Waals surface area contributed by atoms with E-state index in [0.29, 0.717) is 43.6 Å². The highest BCUT2D eigenvalue weighted by Gasteiger charge is 2.59. The predicted octanol–water partition coefficient (Wildman–Crippen LogP) is 1.89. The van der Waals surface area contributed by atoms with Crippen LogP contribution in [0.5, 0.6) is 0 Å². The van der Waals surface area contributed by atoms with Gasteiger partial charge in [0.2, 0.25) is 5.91 Å². The molecule has 2 fully saturated rings. The van der Waals surface area contributed by atoms with Crippen molar-refractivity contribution in [3.63, 3.8) is 0 Å². The molecule has 11 heteroatoms. The molecule has 2 amide bonds. The van der Waals surface area contributed by atoms with Gasteiger partial charge >= 0.3 is 12.2 Å². The molecule has 4 heterocycles. The number of likely N-dealkylation sites (tertiary alicyclic amines) is 1. The Morgan fingerprint density at radius 2 is 2.06 bits per heavy atom. The van der Waals surface area contributed by atoms with Crippen LogP contribution in [0.1, 0.15) is 29.7 Å². The molecule has 1 saturated carbocycles. The van der Waals surface area contributed by atoms with E-state index in [0.717, 1.165) is 12.3 Å². The second-order valence-corrected chi connectivity index (χ2v) is 8.99. The minimum Gasteiger partial charge on any atom is -0.337 e. The minimum atomic E-state index is -4.49. The van der Waals surface area contributed by atoms with Gasteiger partial charge in [0.15, 0.2) is 0 Å². The van der Waals surface area contributed by atoms with Crippen LogP contribution in [0.15, 0.2) is 31.0 Å². The standard InChI is InChI=1S/C21H23F3N6O2/c22-21(23,24)14-5-13-9-28(3-1-17(13)27-8-14)18(31)20-7-16(25)6-15(20)10-30(11-20)19(32)29-4-2-26-12-29/h2,4-5,8,12,15-16H,1,3,6-7,9-11,25H2/t15-,16+,20-/m0/s1. The lowest BCUT2D eigenvalue weighted by molar-refractivity contribution is -0.143. The van der Waals surface area contributed by atoms with E-state index in [9.17, 15) is 22.8 Å². The molecule has 0 spiro atoms. The van der Waals surface area contributed by atoms with Gasteiger partial charge in [0.1, 0.15) is 6.33 Å². The number of nitrogens with zero attached hydrogens (tertiary/aromatic N) is 5. The molecule has 0 bridgehead atoms. The summed E-state index contributed by atoms with van der Waals surface area (Å²) in [4.78, 5) is 37.7. The van der Waals surface area contributed by atoms with Gasteiger partial charge < -0.3 is 15.5 Å². The molecule has 1 saturated heterocycles. The first-order valence-electron chi connectivity index (χ1n) is 10.5. The zero-order valence-corrected chi connectivity index (χ0v) is 17.3. The topological polar surface area (TPSA) is 97.3 Å². The molecule has 2 aromatic heterocycles. The molecule has 0 aromatic carbocycles. The van der Waals surface area contributed by atoms with Crippen molar-refractivity contribution in [1.82, 2.24) is 24.3 Å². The SMILES string of the molecule is N[C@@H]1C[C@H]2CN(C(=O)n3ccnc3)C[C@@]2(C(=O)N2CCc3ncc(C(F)(F)F)cc3C2)C1. The largest absolute Gasteiger partial charge is 0.417 e. The average molecular weight is 448 g/mol. The maximum absolute atomic E-state index is 13.8. The van der Waals surface area contributed by atoms with Crippen LogP contribution in [0.25, 0.3) is 0 Å². The summed E-state index contributed by atoms with van der Waals surface area (Å²) in [6.45, 7) is 1.11. The van der Waals surface area contributed by atoms with Gasteiger partial charge in [-0.15, -0.1) is 0 Å². The summed E-state index contributed by atoms with van der Waals surface area (Å²) < 4.78 is 40.8. The summed E-state index contributed by atoms with van der Waals surface area (Å²) in [5.41, 5.74) is 5.58. The first-order valence-corrected chi connectivity index (χ1v) is 10.5. The van der Waals surface area contributed by atoms with Gasteiger partial charge in [0, 0.05) is 62.9 Å². The summed E-state index contributed by atoms with van der Waals surface area (Å²) in [6, 6.07) is 0.687. The van der Waals surface area contributed by atoms with Crippen LogP contribution in [-0.2, 0) is 23.9 Å². The monoisotopic (exact) mass is 448 g/mol.